The van der Waals surface area contributed by atoms with Gasteiger partial charge in [-0.2, -0.15) is 0 Å². The van der Waals surface area contributed by atoms with Crippen molar-refractivity contribution in [3.05, 3.63) is 106 Å². The molecule has 36 heavy (non-hydrogen) atoms. The number of ether oxygens (including phenoxy) is 1. The van der Waals surface area contributed by atoms with Crippen LogP contribution in [0.25, 0.3) is 17.0 Å². The fourth-order valence-electron chi connectivity index (χ4n) is 4.29. The van der Waals surface area contributed by atoms with Crippen molar-refractivity contribution in [2.24, 2.45) is 4.99 Å². The van der Waals surface area contributed by atoms with Crippen LogP contribution in [0.3, 0.4) is 0 Å². The van der Waals surface area contributed by atoms with Gasteiger partial charge in [-0.3, -0.25) is 4.79 Å². The van der Waals surface area contributed by atoms with Gasteiger partial charge in [-0.1, -0.05) is 48.0 Å². The lowest BCUT2D eigenvalue weighted by Gasteiger charge is -2.07. The van der Waals surface area contributed by atoms with E-state index >= 15 is 0 Å². The normalized spacial score (nSPS) is 15.6. The second kappa shape index (κ2) is 9.87. The first-order valence-corrected chi connectivity index (χ1v) is 12.3. The van der Waals surface area contributed by atoms with E-state index in [1.165, 1.54) is 24.4 Å². The molecule has 4 aromatic rings. The SMILES string of the molecule is COC(=O)c1cccc(Cn2cc(/C=C3\SC(=Nc4ccc(C)cc4C)NC3=O)c3ccccc32)c1. The first kappa shape index (κ1) is 23.6. The molecule has 6 nitrogen and oxygen atoms in total. The zero-order valence-electron chi connectivity index (χ0n) is 20.2. The van der Waals surface area contributed by atoms with E-state index in [2.05, 4.69) is 27.0 Å². The fourth-order valence-corrected chi connectivity index (χ4v) is 5.12. The van der Waals surface area contributed by atoms with Gasteiger partial charge in [0.25, 0.3) is 5.91 Å². The molecule has 1 N–H and O–H groups in total. The minimum Gasteiger partial charge on any atom is -0.465 e. The summed E-state index contributed by atoms with van der Waals surface area (Å²) in [6, 6.07) is 21.6. The Balaban J connectivity index is 1.46. The number of thioether (sulfide) groups is 1. The van der Waals surface area contributed by atoms with Crippen LogP contribution >= 0.6 is 11.8 Å². The van der Waals surface area contributed by atoms with Gasteiger partial charge >= 0.3 is 5.97 Å². The van der Waals surface area contributed by atoms with E-state index in [1.54, 1.807) is 6.07 Å². The minimum atomic E-state index is -0.359. The number of fused-ring (bicyclic) bond motifs is 1. The highest BCUT2D eigenvalue weighted by atomic mass is 32.2. The number of methoxy groups -OCH3 is 1. The number of hydrogen-bond donors (Lipinski definition) is 1. The third kappa shape index (κ3) is 4.83. The summed E-state index contributed by atoms with van der Waals surface area (Å²) in [5.41, 5.74) is 6.57. The number of benzene rings is 3. The number of nitrogens with one attached hydrogen (secondary N) is 1. The molecule has 1 aromatic heterocycles. The first-order valence-electron chi connectivity index (χ1n) is 11.5. The number of hydrogen-bond acceptors (Lipinski definition) is 5. The second-order valence-corrected chi connectivity index (χ2v) is 9.72. The summed E-state index contributed by atoms with van der Waals surface area (Å²) in [5, 5.41) is 4.50. The summed E-state index contributed by atoms with van der Waals surface area (Å²) in [4.78, 5) is 29.9. The largest absolute Gasteiger partial charge is 0.465 e. The Morgan fingerprint density at radius 1 is 1.08 bits per heavy atom. The first-order chi connectivity index (χ1) is 17.4. The van der Waals surface area contributed by atoms with Crippen molar-refractivity contribution in [1.82, 2.24) is 9.88 Å². The van der Waals surface area contributed by atoms with Crippen molar-refractivity contribution in [2.75, 3.05) is 7.11 Å². The maximum absolute atomic E-state index is 12.8. The van der Waals surface area contributed by atoms with Crippen LogP contribution in [0.5, 0.6) is 0 Å². The average molecular weight is 496 g/mol. The molecule has 3 aromatic carbocycles. The highest BCUT2D eigenvalue weighted by Gasteiger charge is 2.24. The molecule has 0 bridgehead atoms. The molecule has 0 saturated carbocycles. The minimum absolute atomic E-state index is 0.161. The Morgan fingerprint density at radius 2 is 1.92 bits per heavy atom. The van der Waals surface area contributed by atoms with Crippen molar-refractivity contribution in [3.63, 3.8) is 0 Å². The predicted molar refractivity (Wildman–Crippen MR) is 146 cm³/mol. The molecule has 0 atom stereocenters. The van der Waals surface area contributed by atoms with Crippen LogP contribution in [0.2, 0.25) is 0 Å². The van der Waals surface area contributed by atoms with E-state index in [0.29, 0.717) is 22.2 Å². The van der Waals surface area contributed by atoms with Gasteiger partial charge in [0.15, 0.2) is 5.17 Å². The number of esters is 1. The molecule has 1 amide bonds. The third-order valence-corrected chi connectivity index (χ3v) is 6.94. The maximum Gasteiger partial charge on any atom is 0.337 e. The maximum atomic E-state index is 12.8. The van der Waals surface area contributed by atoms with Gasteiger partial charge in [-0.25, -0.2) is 9.79 Å². The van der Waals surface area contributed by atoms with Crippen molar-refractivity contribution in [2.45, 2.75) is 20.4 Å². The van der Waals surface area contributed by atoms with Gasteiger partial charge in [0.2, 0.25) is 0 Å². The molecule has 0 spiro atoms. The van der Waals surface area contributed by atoms with Crippen LogP contribution in [-0.4, -0.2) is 28.7 Å². The van der Waals surface area contributed by atoms with Gasteiger partial charge in [-0.15, -0.1) is 0 Å². The van der Waals surface area contributed by atoms with Gasteiger partial charge in [0.05, 0.1) is 23.3 Å². The second-order valence-electron chi connectivity index (χ2n) is 8.69. The Hall–Kier alpha value is -4.10. The van der Waals surface area contributed by atoms with E-state index in [-0.39, 0.29) is 11.9 Å². The van der Waals surface area contributed by atoms with E-state index in [1.807, 2.05) is 74.7 Å². The summed E-state index contributed by atoms with van der Waals surface area (Å²) in [7, 11) is 1.38. The summed E-state index contributed by atoms with van der Waals surface area (Å²) >= 11 is 1.34. The van der Waals surface area contributed by atoms with Gasteiger partial charge in [0, 0.05) is 29.2 Å². The Bertz CT molecular complexity index is 1570. The Kier molecular flexibility index (Phi) is 6.48. The number of amides is 1. The molecule has 0 aliphatic carbocycles. The highest BCUT2D eigenvalue weighted by Crippen LogP contribution is 2.32. The topological polar surface area (TPSA) is 72.7 Å². The molecule has 2 heterocycles. The van der Waals surface area contributed by atoms with E-state index in [0.717, 1.165) is 33.3 Å². The monoisotopic (exact) mass is 495 g/mol. The number of aromatic nitrogens is 1. The molecule has 5 rings (SSSR count). The van der Waals surface area contributed by atoms with Crippen LogP contribution in [0.1, 0.15) is 32.6 Å². The molecular formula is C29H25N3O3S. The van der Waals surface area contributed by atoms with Crippen LogP contribution in [0, 0.1) is 13.8 Å². The number of aliphatic imine (C=N–C) groups is 1. The number of para-hydroxylation sites is 1. The summed E-state index contributed by atoms with van der Waals surface area (Å²) < 4.78 is 6.98. The lowest BCUT2D eigenvalue weighted by atomic mass is 10.1. The smallest absolute Gasteiger partial charge is 0.337 e. The van der Waals surface area contributed by atoms with Gasteiger partial charge in [0.1, 0.15) is 0 Å². The van der Waals surface area contributed by atoms with Crippen LogP contribution in [0.15, 0.2) is 82.8 Å². The van der Waals surface area contributed by atoms with E-state index < -0.39 is 0 Å². The third-order valence-electron chi connectivity index (χ3n) is 6.03. The highest BCUT2D eigenvalue weighted by molar-refractivity contribution is 8.18. The van der Waals surface area contributed by atoms with Crippen LogP contribution in [-0.2, 0) is 16.1 Å². The number of amidine groups is 1. The lowest BCUT2D eigenvalue weighted by molar-refractivity contribution is -0.115. The van der Waals surface area contributed by atoms with Crippen molar-refractivity contribution < 1.29 is 14.3 Å². The standard InChI is InChI=1S/C29H25N3O3S/c1-18-11-12-24(19(2)13-18)30-29-31-27(33)26(36-29)15-22-17-32(25-10-5-4-9-23(22)25)16-20-7-6-8-21(14-20)28(34)35-3/h4-15,17H,16H2,1-3H3,(H,30,31,33)/b26-15-. The number of nitrogens with zero attached hydrogens (tertiary/aromatic N) is 2. The van der Waals surface area contributed by atoms with E-state index in [4.69, 9.17) is 4.74 Å². The molecule has 7 heteroatoms. The van der Waals surface area contributed by atoms with Gasteiger partial charge < -0.3 is 14.6 Å². The fraction of sp³-hybridized carbons (Fsp3) is 0.138. The molecule has 0 radical (unpaired) electrons. The molecule has 180 valence electrons. The Morgan fingerprint density at radius 3 is 2.72 bits per heavy atom. The van der Waals surface area contributed by atoms with Crippen molar-refractivity contribution >= 4 is 51.5 Å². The summed E-state index contributed by atoms with van der Waals surface area (Å²) in [6.07, 6.45) is 3.95. The summed E-state index contributed by atoms with van der Waals surface area (Å²) in [6.45, 7) is 4.64. The molecular weight excluding hydrogens is 470 g/mol. The van der Waals surface area contributed by atoms with Crippen molar-refractivity contribution in [3.8, 4) is 0 Å². The Labute approximate surface area is 213 Å². The molecule has 1 aliphatic heterocycles. The van der Waals surface area contributed by atoms with Crippen molar-refractivity contribution in [1.29, 1.82) is 0 Å². The zero-order valence-corrected chi connectivity index (χ0v) is 21.1. The zero-order chi connectivity index (χ0) is 25.2. The summed E-state index contributed by atoms with van der Waals surface area (Å²) in [5.74, 6) is -0.520. The molecule has 1 fully saturated rings. The quantitative estimate of drug-likeness (QED) is 0.273. The lowest BCUT2D eigenvalue weighted by Crippen LogP contribution is -2.19. The number of aryl methyl sites for hydroxylation is 2. The number of carbonyl (C=O) groups is 2. The predicted octanol–water partition coefficient (Wildman–Crippen LogP) is 5.98. The average Bonchev–Trinajstić information content (AvgIpc) is 3.40. The van der Waals surface area contributed by atoms with Crippen LogP contribution < -0.4 is 5.32 Å². The van der Waals surface area contributed by atoms with Gasteiger partial charge in [-0.05, 0) is 67.1 Å². The van der Waals surface area contributed by atoms with Crippen LogP contribution in [0.4, 0.5) is 5.69 Å². The number of carbonyl (C=O) groups excluding carboxylic acids is 2. The van der Waals surface area contributed by atoms with E-state index in [9.17, 15) is 9.59 Å². The molecule has 0 unspecified atom stereocenters. The molecule has 1 aliphatic rings. The molecule has 1 saturated heterocycles. The number of rotatable bonds is 5.